The van der Waals surface area contributed by atoms with Gasteiger partial charge in [-0.25, -0.2) is 0 Å². The molecule has 1 fully saturated rings. The van der Waals surface area contributed by atoms with Crippen LogP contribution in [0.2, 0.25) is 0 Å². The lowest BCUT2D eigenvalue weighted by atomic mass is 10.00. The fourth-order valence-electron chi connectivity index (χ4n) is 3.38. The molecule has 0 bridgehead atoms. The van der Waals surface area contributed by atoms with E-state index >= 15 is 0 Å². The van der Waals surface area contributed by atoms with Gasteiger partial charge in [-0.1, -0.05) is 30.3 Å². The summed E-state index contributed by atoms with van der Waals surface area (Å²) in [6.07, 6.45) is 3.87. The summed E-state index contributed by atoms with van der Waals surface area (Å²) >= 11 is 0. The molecule has 1 amide bonds. The van der Waals surface area contributed by atoms with E-state index in [-0.39, 0.29) is 23.3 Å². The largest absolute Gasteiger partial charge is 0.501 e. The van der Waals surface area contributed by atoms with E-state index in [1.807, 2.05) is 39.0 Å². The van der Waals surface area contributed by atoms with Crippen molar-refractivity contribution in [1.82, 2.24) is 5.32 Å². The lowest BCUT2D eigenvalue weighted by Crippen LogP contribution is -2.42. The minimum absolute atomic E-state index is 0.0346. The van der Waals surface area contributed by atoms with E-state index in [0.717, 1.165) is 11.3 Å². The molecule has 0 unspecified atom stereocenters. The van der Waals surface area contributed by atoms with Gasteiger partial charge in [0.1, 0.15) is 0 Å². The molecule has 0 spiro atoms. The zero-order valence-electron chi connectivity index (χ0n) is 13.6. The SMILES string of the molecule is COC1=CC=C(C(=O)NC(C)(C)C)[C@H]2[C@@H]1[C@@H]2c1ccccc1. The van der Waals surface area contributed by atoms with E-state index in [1.54, 1.807) is 7.11 Å². The van der Waals surface area contributed by atoms with Crippen molar-refractivity contribution in [1.29, 1.82) is 0 Å². The van der Waals surface area contributed by atoms with Crippen LogP contribution < -0.4 is 5.32 Å². The Kier molecular flexibility index (Phi) is 3.59. The number of hydrogen-bond donors (Lipinski definition) is 1. The van der Waals surface area contributed by atoms with Gasteiger partial charge in [0.05, 0.1) is 12.9 Å². The molecule has 1 N–H and O–H groups in total. The van der Waals surface area contributed by atoms with Gasteiger partial charge in [-0.05, 0) is 38.5 Å². The summed E-state index contributed by atoms with van der Waals surface area (Å²) in [6.45, 7) is 6.01. The van der Waals surface area contributed by atoms with Crippen molar-refractivity contribution in [2.24, 2.45) is 11.8 Å². The average molecular weight is 297 g/mol. The average Bonchev–Trinajstić information content (AvgIpc) is 3.20. The van der Waals surface area contributed by atoms with Crippen molar-refractivity contribution in [3.05, 3.63) is 59.4 Å². The highest BCUT2D eigenvalue weighted by Crippen LogP contribution is 2.62. The third kappa shape index (κ3) is 2.68. The molecule has 3 rings (SSSR count). The van der Waals surface area contributed by atoms with Crippen LogP contribution in [-0.4, -0.2) is 18.6 Å². The Morgan fingerprint density at radius 2 is 1.73 bits per heavy atom. The number of nitrogens with one attached hydrogen (secondary N) is 1. The number of ether oxygens (including phenoxy) is 1. The van der Waals surface area contributed by atoms with Crippen LogP contribution in [0, 0.1) is 11.8 Å². The molecule has 0 saturated heterocycles. The number of methoxy groups -OCH3 is 1. The second-order valence-electron chi connectivity index (χ2n) is 7.09. The molecule has 3 atom stereocenters. The smallest absolute Gasteiger partial charge is 0.247 e. The molecule has 2 aliphatic rings. The maximum atomic E-state index is 12.6. The maximum Gasteiger partial charge on any atom is 0.247 e. The molecule has 1 saturated carbocycles. The van der Waals surface area contributed by atoms with Crippen molar-refractivity contribution in [3.63, 3.8) is 0 Å². The van der Waals surface area contributed by atoms with Crippen LogP contribution in [0.25, 0.3) is 0 Å². The summed E-state index contributed by atoms with van der Waals surface area (Å²) < 4.78 is 5.51. The molecule has 22 heavy (non-hydrogen) atoms. The molecule has 0 heterocycles. The van der Waals surface area contributed by atoms with Gasteiger partial charge in [-0.15, -0.1) is 0 Å². The lowest BCUT2D eigenvalue weighted by molar-refractivity contribution is -0.119. The molecule has 1 aromatic rings. The molecule has 3 nitrogen and oxygen atoms in total. The van der Waals surface area contributed by atoms with Crippen LogP contribution in [0.1, 0.15) is 32.3 Å². The van der Waals surface area contributed by atoms with E-state index < -0.39 is 0 Å². The van der Waals surface area contributed by atoms with Crippen LogP contribution in [-0.2, 0) is 9.53 Å². The van der Waals surface area contributed by atoms with Gasteiger partial charge >= 0.3 is 0 Å². The highest BCUT2D eigenvalue weighted by atomic mass is 16.5. The van der Waals surface area contributed by atoms with Crippen LogP contribution in [0.3, 0.4) is 0 Å². The predicted molar refractivity (Wildman–Crippen MR) is 87.2 cm³/mol. The first kappa shape index (κ1) is 14.9. The standard InChI is InChI=1S/C19H23NO2/c1-19(2,3)20-18(21)13-10-11-14(22-4)17-15(16(13)17)12-8-6-5-7-9-12/h5-11,15-17H,1-4H3,(H,20,21)/t15-,16-,17+/m1/s1. The van der Waals surface area contributed by atoms with Crippen molar-refractivity contribution in [2.75, 3.05) is 7.11 Å². The molecule has 2 aliphatic carbocycles. The van der Waals surface area contributed by atoms with Gasteiger partial charge < -0.3 is 10.1 Å². The van der Waals surface area contributed by atoms with E-state index in [4.69, 9.17) is 4.74 Å². The van der Waals surface area contributed by atoms with Crippen molar-refractivity contribution in [2.45, 2.75) is 32.2 Å². The Labute approximate surface area is 132 Å². The fraction of sp³-hybridized carbons (Fsp3) is 0.421. The van der Waals surface area contributed by atoms with Gasteiger partial charge in [0.2, 0.25) is 5.91 Å². The summed E-state index contributed by atoms with van der Waals surface area (Å²) in [5.74, 6) is 1.87. The quantitative estimate of drug-likeness (QED) is 0.928. The van der Waals surface area contributed by atoms with Crippen molar-refractivity contribution in [3.8, 4) is 0 Å². The highest BCUT2D eigenvalue weighted by Gasteiger charge is 2.58. The Bertz CT molecular complexity index is 637. The number of carbonyl (C=O) groups is 1. The van der Waals surface area contributed by atoms with Crippen LogP contribution in [0.5, 0.6) is 0 Å². The van der Waals surface area contributed by atoms with Gasteiger partial charge in [-0.2, -0.15) is 0 Å². The van der Waals surface area contributed by atoms with Gasteiger partial charge in [0.15, 0.2) is 0 Å². The number of hydrogen-bond acceptors (Lipinski definition) is 2. The minimum Gasteiger partial charge on any atom is -0.501 e. The molecule has 0 aliphatic heterocycles. The normalized spacial score (nSPS) is 26.5. The molecule has 1 aromatic carbocycles. The summed E-state index contributed by atoms with van der Waals surface area (Å²) in [6, 6.07) is 10.4. The minimum atomic E-state index is -0.226. The lowest BCUT2D eigenvalue weighted by Gasteiger charge is -2.22. The number of allylic oxidation sites excluding steroid dienone is 3. The zero-order chi connectivity index (χ0) is 15.9. The van der Waals surface area contributed by atoms with Crippen molar-refractivity contribution < 1.29 is 9.53 Å². The summed E-state index contributed by atoms with van der Waals surface area (Å²) in [5, 5.41) is 3.07. The van der Waals surface area contributed by atoms with Gasteiger partial charge in [0.25, 0.3) is 0 Å². The zero-order valence-corrected chi connectivity index (χ0v) is 13.6. The van der Waals surface area contributed by atoms with Crippen molar-refractivity contribution >= 4 is 5.91 Å². The molecular formula is C19H23NO2. The summed E-state index contributed by atoms with van der Waals surface area (Å²) in [7, 11) is 1.71. The first-order chi connectivity index (χ1) is 10.4. The van der Waals surface area contributed by atoms with E-state index in [0.29, 0.717) is 5.92 Å². The monoisotopic (exact) mass is 297 g/mol. The summed E-state index contributed by atoms with van der Waals surface area (Å²) in [4.78, 5) is 12.6. The second kappa shape index (κ2) is 5.31. The third-order valence-electron chi connectivity index (χ3n) is 4.31. The van der Waals surface area contributed by atoms with E-state index in [2.05, 4.69) is 29.6 Å². The molecule has 3 heteroatoms. The number of rotatable bonds is 3. The van der Waals surface area contributed by atoms with Gasteiger partial charge in [0, 0.05) is 28.9 Å². The van der Waals surface area contributed by atoms with E-state index in [9.17, 15) is 4.79 Å². The third-order valence-corrected chi connectivity index (χ3v) is 4.31. The van der Waals surface area contributed by atoms with Crippen LogP contribution >= 0.6 is 0 Å². The fourth-order valence-corrected chi connectivity index (χ4v) is 3.38. The molecule has 116 valence electrons. The number of amides is 1. The second-order valence-corrected chi connectivity index (χ2v) is 7.09. The molecule has 0 aromatic heterocycles. The topological polar surface area (TPSA) is 38.3 Å². The van der Waals surface area contributed by atoms with Crippen LogP contribution in [0.15, 0.2) is 53.8 Å². The van der Waals surface area contributed by atoms with Gasteiger partial charge in [-0.3, -0.25) is 4.79 Å². The number of carbonyl (C=O) groups excluding carboxylic acids is 1. The predicted octanol–water partition coefficient (Wildman–Crippen LogP) is 3.40. The summed E-state index contributed by atoms with van der Waals surface area (Å²) in [5.41, 5.74) is 1.92. The Morgan fingerprint density at radius 1 is 1.05 bits per heavy atom. The molecular weight excluding hydrogens is 274 g/mol. The number of benzene rings is 1. The first-order valence-corrected chi connectivity index (χ1v) is 7.75. The Morgan fingerprint density at radius 3 is 2.32 bits per heavy atom. The van der Waals surface area contributed by atoms with Crippen LogP contribution in [0.4, 0.5) is 0 Å². The maximum absolute atomic E-state index is 12.6. The molecule has 0 radical (unpaired) electrons. The number of fused-ring (bicyclic) bond motifs is 1. The Balaban J connectivity index is 1.88. The van der Waals surface area contributed by atoms with E-state index in [1.165, 1.54) is 5.56 Å². The Hall–Kier alpha value is -2.03. The highest BCUT2D eigenvalue weighted by molar-refractivity contribution is 5.96. The first-order valence-electron chi connectivity index (χ1n) is 7.75.